The second-order valence-corrected chi connectivity index (χ2v) is 9.64. The number of carbonyl (C=O) groups is 1. The molecule has 4 rings (SSSR count). The van der Waals surface area contributed by atoms with Gasteiger partial charge in [-0.3, -0.25) is 10.1 Å². The molecule has 0 amide bonds. The topological polar surface area (TPSA) is 83.6 Å². The average molecular weight is 578 g/mol. The van der Waals surface area contributed by atoms with Gasteiger partial charge in [0.15, 0.2) is 11.5 Å². The molecule has 9 heteroatoms. The molecule has 0 radical (unpaired) electrons. The second kappa shape index (κ2) is 11.4. The van der Waals surface area contributed by atoms with Gasteiger partial charge in [-0.2, -0.15) is 0 Å². The molecule has 1 unspecified atom stereocenters. The Morgan fingerprint density at radius 1 is 1.09 bits per heavy atom. The average Bonchev–Trinajstić information content (AvgIpc) is 3.25. The Morgan fingerprint density at radius 3 is 2.63 bits per heavy atom. The number of halogens is 3. The van der Waals surface area contributed by atoms with Crippen LogP contribution in [0.3, 0.4) is 0 Å². The number of carboxylic acids is 1. The summed E-state index contributed by atoms with van der Waals surface area (Å²) in [5.41, 5.74) is 3.64. The molecule has 0 spiro atoms. The maximum atomic E-state index is 12.0. The van der Waals surface area contributed by atoms with Crippen molar-refractivity contribution in [1.82, 2.24) is 10.3 Å². The maximum Gasteiger partial charge on any atom is 0.321 e. The molecule has 0 saturated heterocycles. The Kier molecular flexibility index (Phi) is 8.23. The fraction of sp³-hybridized carbons (Fsp3) is 0.192. The highest BCUT2D eigenvalue weighted by atomic mass is 79.9. The highest BCUT2D eigenvalue weighted by Gasteiger charge is 2.20. The van der Waals surface area contributed by atoms with E-state index in [4.69, 9.17) is 32.7 Å². The van der Waals surface area contributed by atoms with Crippen LogP contribution in [0.25, 0.3) is 10.9 Å². The summed E-state index contributed by atoms with van der Waals surface area (Å²) < 4.78 is 12.2. The highest BCUT2D eigenvalue weighted by molar-refractivity contribution is 9.10. The summed E-state index contributed by atoms with van der Waals surface area (Å²) in [7, 11) is 1.56. The van der Waals surface area contributed by atoms with Crippen LogP contribution in [0.2, 0.25) is 10.0 Å². The number of rotatable bonds is 10. The van der Waals surface area contributed by atoms with E-state index in [9.17, 15) is 9.90 Å². The Labute approximate surface area is 221 Å². The molecular weight excluding hydrogens is 555 g/mol. The summed E-state index contributed by atoms with van der Waals surface area (Å²) in [6, 6.07) is 16.0. The Bertz CT molecular complexity index is 1360. The zero-order valence-electron chi connectivity index (χ0n) is 18.8. The zero-order valence-corrected chi connectivity index (χ0v) is 21.9. The van der Waals surface area contributed by atoms with Gasteiger partial charge < -0.3 is 19.6 Å². The molecule has 1 heterocycles. The molecule has 6 nitrogen and oxygen atoms in total. The molecule has 0 aliphatic rings. The van der Waals surface area contributed by atoms with E-state index in [0.29, 0.717) is 34.5 Å². The molecule has 35 heavy (non-hydrogen) atoms. The van der Waals surface area contributed by atoms with Gasteiger partial charge in [0, 0.05) is 34.5 Å². The molecule has 0 bridgehead atoms. The van der Waals surface area contributed by atoms with Crippen LogP contribution in [0.4, 0.5) is 0 Å². The standard InChI is InChI=1S/C26H23BrCl2N2O4/c1-34-24-10-17(19(27)11-25(24)35-14-15-6-7-20(28)21(29)8-15)13-31-23(26(32)33)9-16-12-30-22-5-3-2-4-18(16)22/h2-8,10-12,23,30-31H,9,13-14H2,1H3,(H,32,33). The van der Waals surface area contributed by atoms with E-state index in [2.05, 4.69) is 26.2 Å². The molecule has 0 saturated carbocycles. The van der Waals surface area contributed by atoms with Crippen LogP contribution >= 0.6 is 39.1 Å². The molecule has 1 aromatic heterocycles. The van der Waals surface area contributed by atoms with E-state index in [0.717, 1.165) is 32.1 Å². The van der Waals surface area contributed by atoms with E-state index in [1.165, 1.54) is 0 Å². The first-order chi connectivity index (χ1) is 16.9. The number of aromatic amines is 1. The number of benzene rings is 3. The number of ether oxygens (including phenoxy) is 2. The third kappa shape index (κ3) is 6.11. The molecule has 4 aromatic rings. The lowest BCUT2D eigenvalue weighted by atomic mass is 10.0. The Balaban J connectivity index is 1.45. The number of carboxylic acid groups (broad SMARTS) is 1. The van der Waals surface area contributed by atoms with Crippen molar-refractivity contribution in [3.05, 3.63) is 92.0 Å². The minimum absolute atomic E-state index is 0.281. The van der Waals surface area contributed by atoms with Crippen molar-refractivity contribution < 1.29 is 19.4 Å². The quantitative estimate of drug-likeness (QED) is 0.197. The fourth-order valence-electron chi connectivity index (χ4n) is 3.78. The number of aliphatic carboxylic acids is 1. The smallest absolute Gasteiger partial charge is 0.321 e. The SMILES string of the molecule is COc1cc(CNC(Cc2c[nH]c3ccccc23)C(=O)O)c(Br)cc1OCc1ccc(Cl)c(Cl)c1. The summed E-state index contributed by atoms with van der Waals surface area (Å²) in [6.45, 7) is 0.604. The number of hydrogen-bond donors (Lipinski definition) is 3. The van der Waals surface area contributed by atoms with E-state index in [-0.39, 0.29) is 6.61 Å². The number of hydrogen-bond acceptors (Lipinski definition) is 4. The van der Waals surface area contributed by atoms with Crippen LogP contribution in [-0.4, -0.2) is 29.2 Å². The first-order valence-corrected chi connectivity index (χ1v) is 12.3. The predicted molar refractivity (Wildman–Crippen MR) is 142 cm³/mol. The van der Waals surface area contributed by atoms with Crippen LogP contribution in [0.5, 0.6) is 11.5 Å². The molecule has 182 valence electrons. The van der Waals surface area contributed by atoms with E-state index in [1.54, 1.807) is 19.2 Å². The van der Waals surface area contributed by atoms with Crippen molar-refractivity contribution >= 4 is 56.0 Å². The minimum atomic E-state index is -0.917. The first kappa shape index (κ1) is 25.4. The third-order valence-electron chi connectivity index (χ3n) is 5.65. The number of nitrogens with one attached hydrogen (secondary N) is 2. The van der Waals surface area contributed by atoms with Crippen LogP contribution in [0.1, 0.15) is 16.7 Å². The van der Waals surface area contributed by atoms with Crippen LogP contribution in [0.15, 0.2) is 65.3 Å². The third-order valence-corrected chi connectivity index (χ3v) is 7.12. The van der Waals surface area contributed by atoms with Gasteiger partial charge in [0.25, 0.3) is 0 Å². The van der Waals surface area contributed by atoms with Crippen LogP contribution in [-0.2, 0) is 24.4 Å². The van der Waals surface area contributed by atoms with E-state index < -0.39 is 12.0 Å². The molecular formula is C26H23BrCl2N2O4. The second-order valence-electron chi connectivity index (χ2n) is 7.97. The van der Waals surface area contributed by atoms with Gasteiger partial charge in [0.1, 0.15) is 12.6 Å². The van der Waals surface area contributed by atoms with Gasteiger partial charge in [-0.1, -0.05) is 63.4 Å². The van der Waals surface area contributed by atoms with Crippen molar-refractivity contribution in [2.45, 2.75) is 25.6 Å². The molecule has 0 fully saturated rings. The largest absolute Gasteiger partial charge is 0.493 e. The molecule has 3 aromatic carbocycles. The molecule has 3 N–H and O–H groups in total. The van der Waals surface area contributed by atoms with Gasteiger partial charge in [-0.15, -0.1) is 0 Å². The molecule has 1 atom stereocenters. The number of para-hydroxylation sites is 1. The summed E-state index contributed by atoms with van der Waals surface area (Å²) in [5.74, 6) is 0.163. The fourth-order valence-corrected chi connectivity index (χ4v) is 4.56. The van der Waals surface area contributed by atoms with Crippen LogP contribution < -0.4 is 14.8 Å². The number of methoxy groups -OCH3 is 1. The lowest BCUT2D eigenvalue weighted by Crippen LogP contribution is -2.38. The van der Waals surface area contributed by atoms with Crippen molar-refractivity contribution in [3.63, 3.8) is 0 Å². The van der Waals surface area contributed by atoms with Crippen molar-refractivity contribution in [2.75, 3.05) is 7.11 Å². The highest BCUT2D eigenvalue weighted by Crippen LogP contribution is 2.34. The summed E-state index contributed by atoms with van der Waals surface area (Å²) in [5, 5.41) is 14.9. The molecule has 0 aliphatic carbocycles. The van der Waals surface area contributed by atoms with Gasteiger partial charge in [-0.25, -0.2) is 0 Å². The lowest BCUT2D eigenvalue weighted by molar-refractivity contribution is -0.139. The summed E-state index contributed by atoms with van der Waals surface area (Å²) >= 11 is 15.6. The van der Waals surface area contributed by atoms with Crippen molar-refractivity contribution in [2.24, 2.45) is 0 Å². The maximum absolute atomic E-state index is 12.0. The predicted octanol–water partition coefficient (Wildman–Crippen LogP) is 6.61. The molecule has 0 aliphatic heterocycles. The van der Waals surface area contributed by atoms with Gasteiger partial charge in [0.05, 0.1) is 17.2 Å². The summed E-state index contributed by atoms with van der Waals surface area (Å²) in [6.07, 6.45) is 2.21. The van der Waals surface area contributed by atoms with Crippen molar-refractivity contribution in [3.8, 4) is 11.5 Å². The lowest BCUT2D eigenvalue weighted by Gasteiger charge is -2.17. The van der Waals surface area contributed by atoms with E-state index in [1.807, 2.05) is 48.7 Å². The number of H-pyrrole nitrogens is 1. The minimum Gasteiger partial charge on any atom is -0.493 e. The van der Waals surface area contributed by atoms with Gasteiger partial charge >= 0.3 is 5.97 Å². The van der Waals surface area contributed by atoms with E-state index >= 15 is 0 Å². The Hall–Kier alpha value is -2.71. The zero-order chi connectivity index (χ0) is 24.9. The normalized spacial score (nSPS) is 12.0. The number of fused-ring (bicyclic) bond motifs is 1. The van der Waals surface area contributed by atoms with Crippen molar-refractivity contribution in [1.29, 1.82) is 0 Å². The summed E-state index contributed by atoms with van der Waals surface area (Å²) in [4.78, 5) is 15.2. The Morgan fingerprint density at radius 2 is 1.89 bits per heavy atom. The van der Waals surface area contributed by atoms with Crippen LogP contribution in [0, 0.1) is 0 Å². The van der Waals surface area contributed by atoms with Gasteiger partial charge in [0.2, 0.25) is 0 Å². The van der Waals surface area contributed by atoms with Gasteiger partial charge in [-0.05, 0) is 47.0 Å². The monoisotopic (exact) mass is 576 g/mol. The first-order valence-electron chi connectivity index (χ1n) is 10.8. The number of aromatic nitrogens is 1.